The summed E-state index contributed by atoms with van der Waals surface area (Å²) in [5, 5.41) is 0. The lowest BCUT2D eigenvalue weighted by molar-refractivity contribution is -0.133. The number of benzene rings is 2. The number of para-hydroxylation sites is 1. The number of nitrogens with zero attached hydrogens (tertiary/aromatic N) is 1. The van der Waals surface area contributed by atoms with E-state index >= 15 is 0 Å². The summed E-state index contributed by atoms with van der Waals surface area (Å²) in [4.78, 5) is 36.8. The van der Waals surface area contributed by atoms with Crippen LogP contribution in [0.1, 0.15) is 15.9 Å². The summed E-state index contributed by atoms with van der Waals surface area (Å²) >= 11 is 3.43. The molecule has 2 N–H and O–H groups in total. The van der Waals surface area contributed by atoms with Crippen molar-refractivity contribution < 1.29 is 23.9 Å². The molecule has 0 unspecified atom stereocenters. The molecule has 8 heteroatoms. The zero-order valence-electron chi connectivity index (χ0n) is 14.7. The lowest BCUT2D eigenvalue weighted by atomic mass is 10.2. The highest BCUT2D eigenvalue weighted by Crippen LogP contribution is 2.19. The molecule has 2 rings (SSSR count). The fourth-order valence-corrected chi connectivity index (χ4v) is 2.61. The minimum Gasteiger partial charge on any atom is -0.483 e. The Morgan fingerprint density at radius 2 is 1.70 bits per heavy atom. The first kappa shape index (κ1) is 20.4. The molecule has 0 fully saturated rings. The number of nitrogens with two attached hydrogens (primary N) is 1. The first-order chi connectivity index (χ1) is 12.9. The molecular formula is C19H19BrN2O5. The minimum absolute atomic E-state index is 0.111. The van der Waals surface area contributed by atoms with Crippen molar-refractivity contribution >= 4 is 33.7 Å². The van der Waals surface area contributed by atoms with Crippen LogP contribution in [0.5, 0.6) is 5.75 Å². The number of hydrogen-bond acceptors (Lipinski definition) is 5. The Kier molecular flexibility index (Phi) is 7.36. The SMILES string of the molecule is CN(Cc1ccccc1Br)C(=O)COC(=O)c1ccccc1OCC(N)=O. The third kappa shape index (κ3) is 6.10. The van der Waals surface area contributed by atoms with Gasteiger partial charge in [0.05, 0.1) is 0 Å². The smallest absolute Gasteiger partial charge is 0.342 e. The van der Waals surface area contributed by atoms with Crippen LogP contribution in [0.2, 0.25) is 0 Å². The molecule has 0 atom stereocenters. The summed E-state index contributed by atoms with van der Waals surface area (Å²) < 4.78 is 11.2. The molecule has 2 aromatic rings. The quantitative estimate of drug-likeness (QED) is 0.641. The van der Waals surface area contributed by atoms with Crippen molar-refractivity contribution in [1.29, 1.82) is 0 Å². The Bertz CT molecular complexity index is 840. The Morgan fingerprint density at radius 1 is 1.04 bits per heavy atom. The number of ether oxygens (including phenoxy) is 2. The molecule has 0 aromatic heterocycles. The van der Waals surface area contributed by atoms with E-state index < -0.39 is 18.5 Å². The third-order valence-corrected chi connectivity index (χ3v) is 4.37. The van der Waals surface area contributed by atoms with E-state index in [9.17, 15) is 14.4 Å². The summed E-state index contributed by atoms with van der Waals surface area (Å²) in [6, 6.07) is 13.8. The van der Waals surface area contributed by atoms with Crippen LogP contribution in [-0.2, 0) is 20.9 Å². The van der Waals surface area contributed by atoms with Crippen molar-refractivity contribution in [1.82, 2.24) is 4.90 Å². The normalized spacial score (nSPS) is 10.1. The molecule has 0 saturated heterocycles. The van der Waals surface area contributed by atoms with Gasteiger partial charge in [-0.05, 0) is 23.8 Å². The zero-order chi connectivity index (χ0) is 19.8. The van der Waals surface area contributed by atoms with Gasteiger partial charge in [-0.25, -0.2) is 4.79 Å². The van der Waals surface area contributed by atoms with Crippen molar-refractivity contribution in [2.75, 3.05) is 20.3 Å². The molecule has 0 aliphatic carbocycles. The van der Waals surface area contributed by atoms with E-state index in [0.717, 1.165) is 10.0 Å². The molecule has 0 aliphatic rings. The van der Waals surface area contributed by atoms with Crippen LogP contribution in [0.15, 0.2) is 53.0 Å². The Morgan fingerprint density at radius 3 is 2.41 bits per heavy atom. The number of hydrogen-bond donors (Lipinski definition) is 1. The van der Waals surface area contributed by atoms with Gasteiger partial charge in [-0.3, -0.25) is 9.59 Å². The molecule has 27 heavy (non-hydrogen) atoms. The minimum atomic E-state index is -0.724. The van der Waals surface area contributed by atoms with Crippen molar-refractivity contribution in [3.8, 4) is 5.75 Å². The van der Waals surface area contributed by atoms with Gasteiger partial charge in [0.2, 0.25) is 0 Å². The maximum Gasteiger partial charge on any atom is 0.342 e. The highest BCUT2D eigenvalue weighted by Gasteiger charge is 2.18. The summed E-state index contributed by atoms with van der Waals surface area (Å²) in [6.07, 6.45) is 0. The van der Waals surface area contributed by atoms with Crippen molar-refractivity contribution in [2.45, 2.75) is 6.54 Å². The fourth-order valence-electron chi connectivity index (χ4n) is 2.20. The molecule has 0 spiro atoms. The van der Waals surface area contributed by atoms with Crippen LogP contribution < -0.4 is 10.5 Å². The standard InChI is InChI=1S/C19H19BrN2O5/c1-22(10-13-6-2-4-8-15(13)20)18(24)12-27-19(25)14-7-3-5-9-16(14)26-11-17(21)23/h2-9H,10-12H2,1H3,(H2,21,23). The van der Waals surface area contributed by atoms with Gasteiger partial charge in [-0.15, -0.1) is 0 Å². The van der Waals surface area contributed by atoms with Crippen LogP contribution >= 0.6 is 15.9 Å². The molecule has 2 amide bonds. The molecule has 0 radical (unpaired) electrons. The fraction of sp³-hybridized carbons (Fsp3) is 0.211. The van der Waals surface area contributed by atoms with E-state index in [1.807, 2.05) is 24.3 Å². The van der Waals surface area contributed by atoms with Crippen molar-refractivity contribution in [3.05, 3.63) is 64.1 Å². The van der Waals surface area contributed by atoms with E-state index in [-0.39, 0.29) is 23.8 Å². The van der Waals surface area contributed by atoms with Gasteiger partial charge in [0.1, 0.15) is 11.3 Å². The Labute approximate surface area is 165 Å². The molecule has 2 aromatic carbocycles. The second kappa shape index (κ2) is 9.72. The second-order valence-corrected chi connectivity index (χ2v) is 6.52. The van der Waals surface area contributed by atoms with E-state index in [2.05, 4.69) is 15.9 Å². The maximum absolute atomic E-state index is 12.3. The third-order valence-electron chi connectivity index (χ3n) is 3.59. The maximum atomic E-state index is 12.3. The Hall–Kier alpha value is -2.87. The molecule has 0 aliphatic heterocycles. The van der Waals surface area contributed by atoms with Gasteiger partial charge >= 0.3 is 5.97 Å². The van der Waals surface area contributed by atoms with Gasteiger partial charge in [-0.2, -0.15) is 0 Å². The van der Waals surface area contributed by atoms with Gasteiger partial charge in [0, 0.05) is 18.1 Å². The highest BCUT2D eigenvalue weighted by atomic mass is 79.9. The first-order valence-corrected chi connectivity index (χ1v) is 8.82. The summed E-state index contributed by atoms with van der Waals surface area (Å²) in [5.74, 6) is -1.58. The predicted molar refractivity (Wildman–Crippen MR) is 102 cm³/mol. The van der Waals surface area contributed by atoms with E-state index in [0.29, 0.717) is 6.54 Å². The predicted octanol–water partition coefficient (Wildman–Crippen LogP) is 2.13. The highest BCUT2D eigenvalue weighted by molar-refractivity contribution is 9.10. The van der Waals surface area contributed by atoms with Gasteiger partial charge < -0.3 is 20.1 Å². The number of amides is 2. The van der Waals surface area contributed by atoms with E-state index in [4.69, 9.17) is 15.2 Å². The van der Waals surface area contributed by atoms with Crippen LogP contribution in [0, 0.1) is 0 Å². The first-order valence-electron chi connectivity index (χ1n) is 8.03. The van der Waals surface area contributed by atoms with Gasteiger partial charge in [-0.1, -0.05) is 46.3 Å². The lowest BCUT2D eigenvalue weighted by Gasteiger charge is -2.18. The van der Waals surface area contributed by atoms with Crippen LogP contribution in [0.4, 0.5) is 0 Å². The number of halogens is 1. The monoisotopic (exact) mass is 434 g/mol. The summed E-state index contributed by atoms with van der Waals surface area (Å²) in [6.45, 7) is -0.405. The largest absolute Gasteiger partial charge is 0.483 e. The van der Waals surface area contributed by atoms with Gasteiger partial charge in [0.25, 0.3) is 11.8 Å². The Balaban J connectivity index is 1.94. The molecular weight excluding hydrogens is 416 g/mol. The molecule has 0 heterocycles. The second-order valence-electron chi connectivity index (χ2n) is 5.67. The van der Waals surface area contributed by atoms with Crippen LogP contribution in [0.3, 0.4) is 0 Å². The van der Waals surface area contributed by atoms with Crippen LogP contribution in [0.25, 0.3) is 0 Å². The number of rotatable bonds is 8. The molecule has 142 valence electrons. The average Bonchev–Trinajstić information content (AvgIpc) is 2.66. The number of esters is 1. The van der Waals surface area contributed by atoms with Crippen molar-refractivity contribution in [3.63, 3.8) is 0 Å². The molecule has 0 bridgehead atoms. The lowest BCUT2D eigenvalue weighted by Crippen LogP contribution is -2.31. The van der Waals surface area contributed by atoms with E-state index in [1.165, 1.54) is 17.0 Å². The zero-order valence-corrected chi connectivity index (χ0v) is 16.3. The average molecular weight is 435 g/mol. The topological polar surface area (TPSA) is 98.9 Å². The number of carbonyl (C=O) groups excluding carboxylic acids is 3. The van der Waals surface area contributed by atoms with Crippen molar-refractivity contribution in [2.24, 2.45) is 5.73 Å². The molecule has 0 saturated carbocycles. The molecule has 7 nitrogen and oxygen atoms in total. The van der Waals surface area contributed by atoms with Crippen LogP contribution in [-0.4, -0.2) is 42.9 Å². The number of likely N-dealkylation sites (N-methyl/N-ethyl adjacent to an activating group) is 1. The summed E-state index contributed by atoms with van der Waals surface area (Å²) in [7, 11) is 1.62. The van der Waals surface area contributed by atoms with E-state index in [1.54, 1.807) is 19.2 Å². The summed E-state index contributed by atoms with van der Waals surface area (Å²) in [5.41, 5.74) is 6.08. The van der Waals surface area contributed by atoms with Gasteiger partial charge in [0.15, 0.2) is 13.2 Å². The number of carbonyl (C=O) groups is 3. The number of primary amides is 1.